The van der Waals surface area contributed by atoms with Gasteiger partial charge >= 0.3 is 0 Å². The van der Waals surface area contributed by atoms with E-state index >= 15 is 0 Å². The normalized spacial score (nSPS) is 19.6. The quantitative estimate of drug-likeness (QED) is 0.455. The predicted octanol–water partition coefficient (Wildman–Crippen LogP) is 5.43. The number of nitrogens with one attached hydrogen (secondary N) is 2. The molecule has 2 fully saturated rings. The number of hydrogen-bond donors (Lipinski definition) is 2. The molecule has 2 aromatic carbocycles. The van der Waals surface area contributed by atoms with Crippen molar-refractivity contribution in [3.8, 4) is 6.07 Å². The third-order valence-electron chi connectivity index (χ3n) is 7.19. The van der Waals surface area contributed by atoms with E-state index in [0.717, 1.165) is 45.0 Å². The van der Waals surface area contributed by atoms with Crippen molar-refractivity contribution >= 4 is 29.3 Å². The molecule has 0 radical (unpaired) electrons. The number of nitrogens with zero attached hydrogens (tertiary/aromatic N) is 4. The van der Waals surface area contributed by atoms with Gasteiger partial charge in [0.15, 0.2) is 0 Å². The number of piperazine rings is 2. The summed E-state index contributed by atoms with van der Waals surface area (Å²) in [6.07, 6.45) is 1.82. The number of rotatable bonds is 3. The second kappa shape index (κ2) is 12.3. The van der Waals surface area contributed by atoms with Crippen molar-refractivity contribution in [1.29, 1.82) is 5.26 Å². The van der Waals surface area contributed by atoms with E-state index in [1.165, 1.54) is 22.5 Å². The fraction of sp³-hybridized carbons (Fsp3) is 0.400. The molecule has 2 atom stereocenters. The lowest BCUT2D eigenvalue weighted by Crippen LogP contribution is -2.52. The van der Waals surface area contributed by atoms with Crippen molar-refractivity contribution in [3.63, 3.8) is 0 Å². The number of aromatic amines is 1. The molecule has 0 spiro atoms. The Bertz CT molecular complexity index is 1300. The summed E-state index contributed by atoms with van der Waals surface area (Å²) in [6.45, 7) is 14.8. The predicted molar refractivity (Wildman–Crippen MR) is 157 cm³/mol. The van der Waals surface area contributed by atoms with Gasteiger partial charge in [0.25, 0.3) is 0 Å². The summed E-state index contributed by atoms with van der Waals surface area (Å²) < 4.78 is 0.513. The van der Waals surface area contributed by atoms with Crippen molar-refractivity contribution in [2.75, 3.05) is 54.0 Å². The van der Waals surface area contributed by atoms with Crippen LogP contribution in [0.15, 0.2) is 60.8 Å². The van der Waals surface area contributed by atoms with Gasteiger partial charge in [0.1, 0.15) is 16.3 Å². The highest BCUT2D eigenvalue weighted by Crippen LogP contribution is 2.26. The zero-order valence-electron chi connectivity index (χ0n) is 22.4. The minimum Gasteiger partial charge on any atom is -0.367 e. The molecule has 3 aromatic rings. The molecule has 2 N–H and O–H groups in total. The van der Waals surface area contributed by atoms with Gasteiger partial charge < -0.3 is 25.0 Å². The molecule has 3 heterocycles. The van der Waals surface area contributed by atoms with Crippen LogP contribution >= 0.6 is 12.2 Å². The van der Waals surface area contributed by atoms with Crippen LogP contribution in [0.1, 0.15) is 30.5 Å². The molecule has 37 heavy (non-hydrogen) atoms. The number of H-pyrrole nitrogens is 1. The molecular weight excluding hydrogens is 476 g/mol. The second-order valence-electron chi connectivity index (χ2n) is 10.1. The lowest BCUT2D eigenvalue weighted by atomic mass is 10.1. The maximum Gasteiger partial charge on any atom is 0.123 e. The molecule has 2 saturated heterocycles. The highest BCUT2D eigenvalue weighted by atomic mass is 32.1. The number of hydrogen-bond acceptors (Lipinski definition) is 6. The van der Waals surface area contributed by atoms with Crippen molar-refractivity contribution in [2.24, 2.45) is 0 Å². The number of benzene rings is 2. The van der Waals surface area contributed by atoms with Crippen LogP contribution in [-0.4, -0.2) is 56.3 Å². The van der Waals surface area contributed by atoms with E-state index in [-0.39, 0.29) is 0 Å². The summed E-state index contributed by atoms with van der Waals surface area (Å²) >= 11 is 5.24. The molecule has 0 aliphatic carbocycles. The molecular formula is C30H38N6S. The van der Waals surface area contributed by atoms with E-state index < -0.39 is 0 Å². The fourth-order valence-electron chi connectivity index (χ4n) is 5.24. The maximum atomic E-state index is 9.38. The molecule has 2 unspecified atom stereocenters. The third-order valence-corrected chi connectivity index (χ3v) is 7.51. The second-order valence-corrected chi connectivity index (χ2v) is 10.5. The molecule has 0 saturated carbocycles. The number of nitriles is 1. The molecule has 6 nitrogen and oxygen atoms in total. The minimum atomic E-state index is 0.370. The lowest BCUT2D eigenvalue weighted by molar-refractivity contribution is 0.501. The molecule has 2 aliphatic rings. The third kappa shape index (κ3) is 6.51. The van der Waals surface area contributed by atoms with E-state index in [0.29, 0.717) is 22.3 Å². The smallest absolute Gasteiger partial charge is 0.123 e. The largest absolute Gasteiger partial charge is 0.367 e. The van der Waals surface area contributed by atoms with Gasteiger partial charge in [-0.05, 0) is 69.2 Å². The Kier molecular flexibility index (Phi) is 8.86. The molecule has 1 aromatic heterocycles. The first-order valence-corrected chi connectivity index (χ1v) is 13.5. The SMILES string of the molecule is Cc1cccc(N2CCN(c3cc[nH]c(=S)c3C#N)CC2C)c1.Cc1cccc(N2CCNCC2C)c1. The van der Waals surface area contributed by atoms with Crippen molar-refractivity contribution in [1.82, 2.24) is 10.3 Å². The molecule has 0 bridgehead atoms. The fourth-order valence-corrected chi connectivity index (χ4v) is 5.46. The maximum absolute atomic E-state index is 9.38. The standard InChI is InChI=1S/C18H20N4S.C12H18N2/c1-13-4-3-5-15(10-13)22-9-8-21(12-14(22)2)17-6-7-20-18(23)16(17)11-19;1-10-4-3-5-12(8-10)14-7-6-13-9-11(14)2/h3-7,10,14H,8-9,12H2,1-2H3,(H,20,23);3-5,8,11,13H,6-7,9H2,1-2H3. The van der Waals surface area contributed by atoms with Gasteiger partial charge in [-0.25, -0.2) is 0 Å². The van der Waals surface area contributed by atoms with Crippen molar-refractivity contribution in [3.05, 3.63) is 82.1 Å². The molecule has 2 aliphatic heterocycles. The summed E-state index contributed by atoms with van der Waals surface area (Å²) in [7, 11) is 0. The Hall–Kier alpha value is -3.34. The van der Waals surface area contributed by atoms with Crippen LogP contribution in [0.3, 0.4) is 0 Å². The highest BCUT2D eigenvalue weighted by Gasteiger charge is 2.25. The van der Waals surface area contributed by atoms with E-state index in [1.54, 1.807) is 0 Å². The summed E-state index contributed by atoms with van der Waals surface area (Å²) in [5.74, 6) is 0. The first-order chi connectivity index (χ1) is 17.9. The summed E-state index contributed by atoms with van der Waals surface area (Å²) in [4.78, 5) is 10.1. The monoisotopic (exact) mass is 514 g/mol. The van der Waals surface area contributed by atoms with Crippen molar-refractivity contribution < 1.29 is 0 Å². The molecule has 5 rings (SSSR count). The number of pyridine rings is 1. The number of aromatic nitrogens is 1. The van der Waals surface area contributed by atoms with Crippen LogP contribution in [-0.2, 0) is 0 Å². The average molecular weight is 515 g/mol. The Morgan fingerprint density at radius 2 is 1.54 bits per heavy atom. The van der Waals surface area contributed by atoms with Gasteiger partial charge in [0, 0.05) is 68.9 Å². The van der Waals surface area contributed by atoms with Crippen LogP contribution in [0.4, 0.5) is 17.1 Å². The first kappa shape index (κ1) is 26.7. The van der Waals surface area contributed by atoms with E-state index in [9.17, 15) is 5.26 Å². The summed E-state index contributed by atoms with van der Waals surface area (Å²) in [6, 6.07) is 22.5. The Balaban J connectivity index is 0.000000195. The number of anilines is 3. The van der Waals surface area contributed by atoms with Gasteiger partial charge in [-0.3, -0.25) is 0 Å². The summed E-state index contributed by atoms with van der Waals surface area (Å²) in [5, 5.41) is 12.8. The van der Waals surface area contributed by atoms with Crippen molar-refractivity contribution in [2.45, 2.75) is 39.8 Å². The van der Waals surface area contributed by atoms with Crippen LogP contribution in [0.2, 0.25) is 0 Å². The number of aryl methyl sites for hydroxylation is 2. The van der Waals surface area contributed by atoms with E-state index in [4.69, 9.17) is 12.2 Å². The zero-order valence-corrected chi connectivity index (χ0v) is 23.2. The van der Waals surface area contributed by atoms with Gasteiger partial charge in [-0.2, -0.15) is 5.26 Å². The Morgan fingerprint density at radius 1 is 0.892 bits per heavy atom. The van der Waals surface area contributed by atoms with Crippen LogP contribution in [0.25, 0.3) is 0 Å². The molecule has 7 heteroatoms. The van der Waals surface area contributed by atoms with E-state index in [2.05, 4.69) is 107 Å². The Morgan fingerprint density at radius 3 is 2.11 bits per heavy atom. The van der Waals surface area contributed by atoms with Crippen LogP contribution in [0.5, 0.6) is 0 Å². The Labute approximate surface area is 226 Å². The summed E-state index contributed by atoms with van der Waals surface area (Å²) in [5.41, 5.74) is 6.75. The lowest BCUT2D eigenvalue weighted by Gasteiger charge is -2.42. The van der Waals surface area contributed by atoms with Crippen LogP contribution in [0, 0.1) is 29.8 Å². The van der Waals surface area contributed by atoms with Gasteiger partial charge in [-0.15, -0.1) is 0 Å². The highest BCUT2D eigenvalue weighted by molar-refractivity contribution is 7.71. The van der Waals surface area contributed by atoms with Gasteiger partial charge in [0.2, 0.25) is 0 Å². The van der Waals surface area contributed by atoms with Gasteiger partial charge in [0.05, 0.1) is 5.69 Å². The van der Waals surface area contributed by atoms with Gasteiger partial charge in [-0.1, -0.05) is 36.5 Å². The molecule has 194 valence electrons. The minimum absolute atomic E-state index is 0.370. The average Bonchev–Trinajstić information content (AvgIpc) is 2.89. The van der Waals surface area contributed by atoms with Crippen LogP contribution < -0.4 is 20.0 Å². The topological polar surface area (TPSA) is 61.3 Å². The van der Waals surface area contributed by atoms with E-state index in [1.807, 2.05) is 12.3 Å². The first-order valence-electron chi connectivity index (χ1n) is 13.1. The zero-order chi connectivity index (χ0) is 26.4. The molecule has 0 amide bonds.